The van der Waals surface area contributed by atoms with Crippen molar-refractivity contribution >= 4 is 27.0 Å². The first-order valence-corrected chi connectivity index (χ1v) is 8.37. The van der Waals surface area contributed by atoms with Gasteiger partial charge in [-0.2, -0.15) is 11.3 Å². The van der Waals surface area contributed by atoms with Gasteiger partial charge >= 0.3 is 0 Å². The molecule has 0 aliphatic heterocycles. The van der Waals surface area contributed by atoms with E-state index < -0.39 is 10.0 Å². The van der Waals surface area contributed by atoms with Crippen molar-refractivity contribution in [2.45, 2.75) is 31.1 Å². The molecule has 0 amide bonds. The standard InChI is InChI=1S/C14H17NO2S2/c1-14(2,3)11-4-6-13(7-5-11)19(16,17)15-12-8-9-18-10-12/h4-10,15H,1-3H3. The minimum absolute atomic E-state index is 0.0169. The molecule has 3 nitrogen and oxygen atoms in total. The van der Waals surface area contributed by atoms with Gasteiger partial charge in [-0.1, -0.05) is 32.9 Å². The molecule has 0 saturated heterocycles. The molecule has 5 heteroatoms. The summed E-state index contributed by atoms with van der Waals surface area (Å²) in [5.74, 6) is 0. The molecule has 2 rings (SSSR count). The lowest BCUT2D eigenvalue weighted by molar-refractivity contribution is 0.587. The van der Waals surface area contributed by atoms with Gasteiger partial charge in [0.2, 0.25) is 0 Å². The molecule has 0 unspecified atom stereocenters. The van der Waals surface area contributed by atoms with Crippen molar-refractivity contribution in [1.29, 1.82) is 0 Å². The summed E-state index contributed by atoms with van der Waals surface area (Å²) < 4.78 is 26.9. The molecule has 1 heterocycles. The minimum atomic E-state index is -3.49. The SMILES string of the molecule is CC(C)(C)c1ccc(S(=O)(=O)Nc2ccsc2)cc1. The van der Waals surface area contributed by atoms with Gasteiger partial charge in [0.05, 0.1) is 10.6 Å². The molecule has 102 valence electrons. The van der Waals surface area contributed by atoms with E-state index in [0.717, 1.165) is 5.56 Å². The summed E-state index contributed by atoms with van der Waals surface area (Å²) >= 11 is 1.45. The van der Waals surface area contributed by atoms with Crippen LogP contribution < -0.4 is 4.72 Å². The van der Waals surface area contributed by atoms with Crippen LogP contribution in [-0.4, -0.2) is 8.42 Å². The molecule has 1 aromatic carbocycles. The van der Waals surface area contributed by atoms with Crippen molar-refractivity contribution in [1.82, 2.24) is 0 Å². The molecule has 0 saturated carbocycles. The molecule has 0 bridgehead atoms. The Balaban J connectivity index is 2.27. The van der Waals surface area contributed by atoms with Crippen molar-refractivity contribution in [3.63, 3.8) is 0 Å². The summed E-state index contributed by atoms with van der Waals surface area (Å²) in [6, 6.07) is 8.76. The van der Waals surface area contributed by atoms with Gasteiger partial charge in [0.25, 0.3) is 10.0 Å². The lowest BCUT2D eigenvalue weighted by Gasteiger charge is -2.19. The maximum Gasteiger partial charge on any atom is 0.261 e. The average molecular weight is 295 g/mol. The summed E-state index contributed by atoms with van der Waals surface area (Å²) in [6.45, 7) is 6.29. The van der Waals surface area contributed by atoms with Crippen LogP contribution in [0.25, 0.3) is 0 Å². The molecule has 0 fully saturated rings. The predicted molar refractivity (Wildman–Crippen MR) is 80.3 cm³/mol. The van der Waals surface area contributed by atoms with Crippen LogP contribution in [-0.2, 0) is 15.4 Å². The second-order valence-corrected chi connectivity index (χ2v) is 7.85. The van der Waals surface area contributed by atoms with E-state index in [1.54, 1.807) is 23.6 Å². The molecule has 19 heavy (non-hydrogen) atoms. The Hall–Kier alpha value is -1.33. The number of thiophene rings is 1. The van der Waals surface area contributed by atoms with Crippen molar-refractivity contribution in [3.05, 3.63) is 46.7 Å². The highest BCUT2D eigenvalue weighted by atomic mass is 32.2. The molecular weight excluding hydrogens is 278 g/mol. The van der Waals surface area contributed by atoms with Crippen LogP contribution in [0.2, 0.25) is 0 Å². The largest absolute Gasteiger partial charge is 0.279 e. The third kappa shape index (κ3) is 3.36. The Morgan fingerprint density at radius 2 is 1.68 bits per heavy atom. The third-order valence-corrected chi connectivity index (χ3v) is 4.88. The molecule has 0 radical (unpaired) electrons. The zero-order valence-electron chi connectivity index (χ0n) is 11.2. The fourth-order valence-corrected chi connectivity index (χ4v) is 3.38. The van der Waals surface area contributed by atoms with Gasteiger partial charge in [-0.25, -0.2) is 8.42 Å². The summed E-state index contributed by atoms with van der Waals surface area (Å²) in [7, 11) is -3.49. The Morgan fingerprint density at radius 1 is 1.05 bits per heavy atom. The molecule has 1 N–H and O–H groups in total. The van der Waals surface area contributed by atoms with E-state index in [9.17, 15) is 8.42 Å². The van der Waals surface area contributed by atoms with Crippen LogP contribution in [0, 0.1) is 0 Å². The molecule has 2 aromatic rings. The summed E-state index contributed by atoms with van der Waals surface area (Å²) in [4.78, 5) is 0.284. The van der Waals surface area contributed by atoms with E-state index in [0.29, 0.717) is 5.69 Å². The molecule has 0 spiro atoms. The Bertz CT molecular complexity index is 636. The molecule has 0 atom stereocenters. The highest BCUT2D eigenvalue weighted by Gasteiger charge is 2.17. The second kappa shape index (κ2) is 4.98. The number of sulfonamides is 1. The van der Waals surface area contributed by atoms with Gasteiger partial charge < -0.3 is 0 Å². The first kappa shape index (κ1) is 14.1. The highest BCUT2D eigenvalue weighted by Crippen LogP contribution is 2.24. The molecule has 0 aliphatic carbocycles. The number of rotatable bonds is 3. The van der Waals surface area contributed by atoms with E-state index in [2.05, 4.69) is 25.5 Å². The zero-order chi connectivity index (χ0) is 14.1. The van der Waals surface area contributed by atoms with Gasteiger partial charge in [-0.3, -0.25) is 4.72 Å². The maximum atomic E-state index is 12.2. The molecular formula is C14H17NO2S2. The van der Waals surface area contributed by atoms with Crippen molar-refractivity contribution in [2.24, 2.45) is 0 Å². The van der Waals surface area contributed by atoms with E-state index >= 15 is 0 Å². The van der Waals surface area contributed by atoms with Crippen LogP contribution in [0.1, 0.15) is 26.3 Å². The van der Waals surface area contributed by atoms with Crippen LogP contribution in [0.5, 0.6) is 0 Å². The number of hydrogen-bond acceptors (Lipinski definition) is 3. The highest BCUT2D eigenvalue weighted by molar-refractivity contribution is 7.92. The number of anilines is 1. The Kier molecular flexibility index (Phi) is 3.69. The van der Waals surface area contributed by atoms with Crippen molar-refractivity contribution in [3.8, 4) is 0 Å². The van der Waals surface area contributed by atoms with Crippen molar-refractivity contribution < 1.29 is 8.42 Å². The van der Waals surface area contributed by atoms with Crippen LogP contribution in [0.15, 0.2) is 46.0 Å². The quantitative estimate of drug-likeness (QED) is 0.935. The van der Waals surface area contributed by atoms with Gasteiger partial charge in [0.1, 0.15) is 0 Å². The second-order valence-electron chi connectivity index (χ2n) is 5.39. The molecule has 0 aliphatic rings. The van der Waals surface area contributed by atoms with Crippen LogP contribution in [0.4, 0.5) is 5.69 Å². The lowest BCUT2D eigenvalue weighted by atomic mass is 9.87. The smallest absolute Gasteiger partial charge is 0.261 e. The van der Waals surface area contributed by atoms with Crippen LogP contribution in [0.3, 0.4) is 0 Å². The van der Waals surface area contributed by atoms with Gasteiger partial charge in [-0.15, -0.1) is 0 Å². The summed E-state index contributed by atoms with van der Waals surface area (Å²) in [5.41, 5.74) is 1.73. The van der Waals surface area contributed by atoms with E-state index in [1.165, 1.54) is 11.3 Å². The zero-order valence-corrected chi connectivity index (χ0v) is 12.8. The van der Waals surface area contributed by atoms with Gasteiger partial charge in [0.15, 0.2) is 0 Å². The third-order valence-electron chi connectivity index (χ3n) is 2.80. The monoisotopic (exact) mass is 295 g/mol. The predicted octanol–water partition coefficient (Wildman–Crippen LogP) is 3.85. The minimum Gasteiger partial charge on any atom is -0.279 e. The first-order valence-electron chi connectivity index (χ1n) is 5.95. The number of benzene rings is 1. The summed E-state index contributed by atoms with van der Waals surface area (Å²) in [5, 5.41) is 3.60. The Labute approximate surface area is 118 Å². The van der Waals surface area contributed by atoms with E-state index in [1.807, 2.05) is 17.5 Å². The maximum absolute atomic E-state index is 12.2. The Morgan fingerprint density at radius 3 is 2.16 bits per heavy atom. The normalized spacial score (nSPS) is 12.4. The fourth-order valence-electron chi connectivity index (χ4n) is 1.67. The average Bonchev–Trinajstić information content (AvgIpc) is 2.80. The summed E-state index contributed by atoms with van der Waals surface area (Å²) in [6.07, 6.45) is 0. The van der Waals surface area contributed by atoms with Crippen LogP contribution >= 0.6 is 11.3 Å². The molecule has 1 aromatic heterocycles. The number of hydrogen-bond donors (Lipinski definition) is 1. The van der Waals surface area contributed by atoms with Crippen molar-refractivity contribution in [2.75, 3.05) is 4.72 Å². The first-order chi connectivity index (χ1) is 8.79. The topological polar surface area (TPSA) is 46.2 Å². The van der Waals surface area contributed by atoms with Gasteiger partial charge in [-0.05, 0) is 34.6 Å². The fraction of sp³-hybridized carbons (Fsp3) is 0.286. The number of nitrogens with one attached hydrogen (secondary N) is 1. The van der Waals surface area contributed by atoms with E-state index in [4.69, 9.17) is 0 Å². The lowest BCUT2D eigenvalue weighted by Crippen LogP contribution is -2.14. The van der Waals surface area contributed by atoms with Gasteiger partial charge in [0, 0.05) is 5.38 Å². The van der Waals surface area contributed by atoms with E-state index in [-0.39, 0.29) is 10.3 Å².